The first kappa shape index (κ1) is 13.5. The number of aliphatic carboxylic acids is 1. The molecule has 0 aliphatic heterocycles. The van der Waals surface area contributed by atoms with Gasteiger partial charge in [-0.3, -0.25) is 4.79 Å². The van der Waals surface area contributed by atoms with Crippen molar-refractivity contribution in [3.05, 3.63) is 29.3 Å². The second kappa shape index (κ2) is 5.35. The van der Waals surface area contributed by atoms with Gasteiger partial charge in [-0.1, -0.05) is 31.4 Å². The summed E-state index contributed by atoms with van der Waals surface area (Å²) in [5.74, 6) is -0.655. The van der Waals surface area contributed by atoms with Crippen LogP contribution in [0.2, 0.25) is 0 Å². The maximum Gasteiger partial charge on any atom is 0.314 e. The Kier molecular flexibility index (Phi) is 4.00. The Morgan fingerprint density at radius 3 is 2.50 bits per heavy atom. The fourth-order valence-electron chi connectivity index (χ4n) is 2.90. The van der Waals surface area contributed by atoms with E-state index in [1.54, 1.807) is 11.8 Å². The topological polar surface area (TPSA) is 37.3 Å². The molecule has 0 aromatic heterocycles. The van der Waals surface area contributed by atoms with Gasteiger partial charge in [0.25, 0.3) is 0 Å². The van der Waals surface area contributed by atoms with E-state index >= 15 is 0 Å². The van der Waals surface area contributed by atoms with E-state index in [0.29, 0.717) is 0 Å². The van der Waals surface area contributed by atoms with Crippen LogP contribution < -0.4 is 0 Å². The number of thioether (sulfide) groups is 1. The van der Waals surface area contributed by atoms with E-state index in [1.165, 1.54) is 10.5 Å². The average molecular weight is 264 g/mol. The molecule has 0 heterocycles. The minimum absolute atomic E-state index is 0.642. The van der Waals surface area contributed by atoms with Gasteiger partial charge in [0.05, 0.1) is 5.41 Å². The molecular weight excluding hydrogens is 244 g/mol. The average Bonchev–Trinajstić information content (AvgIpc) is 2.40. The largest absolute Gasteiger partial charge is 0.481 e. The molecular formula is C15H20O2S. The summed E-state index contributed by atoms with van der Waals surface area (Å²) in [6, 6.07) is 6.15. The summed E-state index contributed by atoms with van der Waals surface area (Å²) < 4.78 is 0. The van der Waals surface area contributed by atoms with Crippen LogP contribution in [0.25, 0.3) is 0 Å². The zero-order valence-corrected chi connectivity index (χ0v) is 11.8. The molecule has 2 nitrogen and oxygen atoms in total. The minimum Gasteiger partial charge on any atom is -0.481 e. The van der Waals surface area contributed by atoms with Crippen molar-refractivity contribution in [1.82, 2.24) is 0 Å². The number of hydrogen-bond donors (Lipinski definition) is 1. The molecule has 18 heavy (non-hydrogen) atoms. The van der Waals surface area contributed by atoms with Crippen LogP contribution in [0.4, 0.5) is 0 Å². The Labute approximate surface area is 113 Å². The van der Waals surface area contributed by atoms with Crippen LogP contribution in [0.1, 0.15) is 43.2 Å². The minimum atomic E-state index is -0.655. The molecule has 3 heteroatoms. The molecule has 1 aliphatic rings. The van der Waals surface area contributed by atoms with Crippen LogP contribution in [0.15, 0.2) is 23.1 Å². The van der Waals surface area contributed by atoms with Gasteiger partial charge in [0.1, 0.15) is 0 Å². The highest BCUT2D eigenvalue weighted by Crippen LogP contribution is 2.41. The number of rotatable bonds is 3. The number of carbonyl (C=O) groups is 1. The third-order valence-corrected chi connectivity index (χ3v) is 4.96. The molecule has 0 amide bonds. The van der Waals surface area contributed by atoms with Crippen LogP contribution in [0.5, 0.6) is 0 Å². The Hall–Kier alpha value is -0.960. The molecule has 98 valence electrons. The summed E-state index contributed by atoms with van der Waals surface area (Å²) in [5, 5.41) is 9.67. The lowest BCUT2D eigenvalue weighted by atomic mass is 9.69. The van der Waals surface area contributed by atoms with E-state index in [4.69, 9.17) is 0 Å². The lowest BCUT2D eigenvalue weighted by Crippen LogP contribution is -2.37. The molecule has 1 aliphatic carbocycles. The van der Waals surface area contributed by atoms with Crippen molar-refractivity contribution in [3.63, 3.8) is 0 Å². The zero-order chi connectivity index (χ0) is 13.2. The summed E-state index contributed by atoms with van der Waals surface area (Å²) in [6.07, 6.45) is 6.80. The highest BCUT2D eigenvalue weighted by molar-refractivity contribution is 7.98. The Morgan fingerprint density at radius 1 is 1.28 bits per heavy atom. The summed E-state index contributed by atoms with van der Waals surface area (Å²) in [7, 11) is 0. The fourth-order valence-corrected chi connectivity index (χ4v) is 3.53. The van der Waals surface area contributed by atoms with Crippen LogP contribution in [-0.2, 0) is 10.2 Å². The number of benzene rings is 1. The first-order chi connectivity index (χ1) is 8.60. The van der Waals surface area contributed by atoms with Gasteiger partial charge in [-0.25, -0.2) is 0 Å². The molecule has 0 radical (unpaired) electrons. The second-order valence-corrected chi connectivity index (χ2v) is 5.98. The first-order valence-corrected chi connectivity index (χ1v) is 7.71. The van der Waals surface area contributed by atoms with Gasteiger partial charge in [0.2, 0.25) is 0 Å². The van der Waals surface area contributed by atoms with Gasteiger partial charge < -0.3 is 5.11 Å². The van der Waals surface area contributed by atoms with E-state index in [2.05, 4.69) is 19.1 Å². The molecule has 0 unspecified atom stereocenters. The molecule has 2 rings (SSSR count). The number of carboxylic acid groups (broad SMARTS) is 1. The second-order valence-electron chi connectivity index (χ2n) is 5.13. The Morgan fingerprint density at radius 2 is 1.94 bits per heavy atom. The Balaban J connectivity index is 2.45. The predicted molar refractivity (Wildman–Crippen MR) is 75.4 cm³/mol. The molecule has 1 aromatic rings. The van der Waals surface area contributed by atoms with Crippen molar-refractivity contribution in [2.24, 2.45) is 0 Å². The van der Waals surface area contributed by atoms with Gasteiger partial charge >= 0.3 is 5.97 Å². The molecule has 1 saturated carbocycles. The van der Waals surface area contributed by atoms with E-state index in [-0.39, 0.29) is 0 Å². The standard InChI is InChI=1S/C15H20O2S/c1-11-6-7-12(10-13(11)18-2)15(14(16)17)8-4-3-5-9-15/h6-7,10H,3-5,8-9H2,1-2H3,(H,16,17). The summed E-state index contributed by atoms with van der Waals surface area (Å²) in [5.41, 5.74) is 1.57. The highest BCUT2D eigenvalue weighted by atomic mass is 32.2. The van der Waals surface area contributed by atoms with E-state index in [1.807, 2.05) is 12.3 Å². The van der Waals surface area contributed by atoms with Crippen molar-refractivity contribution < 1.29 is 9.90 Å². The van der Waals surface area contributed by atoms with Gasteiger partial charge in [-0.05, 0) is 43.2 Å². The highest BCUT2D eigenvalue weighted by Gasteiger charge is 2.41. The number of hydrogen-bond acceptors (Lipinski definition) is 2. The molecule has 1 N–H and O–H groups in total. The van der Waals surface area contributed by atoms with Crippen molar-refractivity contribution in [3.8, 4) is 0 Å². The van der Waals surface area contributed by atoms with Crippen LogP contribution in [-0.4, -0.2) is 17.3 Å². The lowest BCUT2D eigenvalue weighted by Gasteiger charge is -2.34. The van der Waals surface area contributed by atoms with E-state index < -0.39 is 11.4 Å². The smallest absolute Gasteiger partial charge is 0.314 e. The normalized spacial score (nSPS) is 18.6. The third-order valence-electron chi connectivity index (χ3n) is 4.08. The van der Waals surface area contributed by atoms with Gasteiger partial charge in [-0.15, -0.1) is 11.8 Å². The molecule has 0 saturated heterocycles. The summed E-state index contributed by atoms with van der Waals surface area (Å²) >= 11 is 1.69. The summed E-state index contributed by atoms with van der Waals surface area (Å²) in [6.45, 7) is 2.07. The van der Waals surface area contributed by atoms with Crippen molar-refractivity contribution >= 4 is 17.7 Å². The monoisotopic (exact) mass is 264 g/mol. The predicted octanol–water partition coefficient (Wildman–Crippen LogP) is 4.00. The fraction of sp³-hybridized carbons (Fsp3) is 0.533. The van der Waals surface area contributed by atoms with Gasteiger partial charge in [0.15, 0.2) is 0 Å². The maximum atomic E-state index is 11.8. The van der Waals surface area contributed by atoms with Crippen LogP contribution >= 0.6 is 11.8 Å². The van der Waals surface area contributed by atoms with Crippen molar-refractivity contribution in [2.75, 3.05) is 6.26 Å². The zero-order valence-electron chi connectivity index (χ0n) is 11.0. The van der Waals surface area contributed by atoms with E-state index in [0.717, 1.165) is 37.7 Å². The molecule has 0 atom stereocenters. The quantitative estimate of drug-likeness (QED) is 0.838. The van der Waals surface area contributed by atoms with Gasteiger partial charge in [-0.2, -0.15) is 0 Å². The van der Waals surface area contributed by atoms with Crippen molar-refractivity contribution in [2.45, 2.75) is 49.3 Å². The van der Waals surface area contributed by atoms with Crippen LogP contribution in [0, 0.1) is 6.92 Å². The van der Waals surface area contributed by atoms with Crippen molar-refractivity contribution in [1.29, 1.82) is 0 Å². The number of aryl methyl sites for hydroxylation is 1. The van der Waals surface area contributed by atoms with E-state index in [9.17, 15) is 9.90 Å². The van der Waals surface area contributed by atoms with Gasteiger partial charge in [0, 0.05) is 4.90 Å². The molecule has 1 fully saturated rings. The lowest BCUT2D eigenvalue weighted by molar-refractivity contribution is -0.145. The third kappa shape index (κ3) is 2.28. The molecule has 1 aromatic carbocycles. The molecule has 0 spiro atoms. The molecule has 0 bridgehead atoms. The maximum absolute atomic E-state index is 11.8. The van der Waals surface area contributed by atoms with Crippen LogP contribution in [0.3, 0.4) is 0 Å². The summed E-state index contributed by atoms with van der Waals surface area (Å²) in [4.78, 5) is 12.9. The SMILES string of the molecule is CSc1cc(C2(C(=O)O)CCCCC2)ccc1C. The first-order valence-electron chi connectivity index (χ1n) is 6.49. The number of carboxylic acids is 1. The Bertz CT molecular complexity index is 448.